The van der Waals surface area contributed by atoms with Crippen LogP contribution in [0.4, 0.5) is 5.69 Å². The fourth-order valence-electron chi connectivity index (χ4n) is 3.21. The molecule has 2 aromatic carbocycles. The Balaban J connectivity index is 1.55. The number of β-amino-alcohol motifs (C(OH)–C–C–N with tert-alkyl or cyclic N) is 1. The molecular formula is C20H26N2O2. The van der Waals surface area contributed by atoms with Crippen molar-refractivity contribution in [2.24, 2.45) is 0 Å². The van der Waals surface area contributed by atoms with E-state index in [1.807, 2.05) is 24.3 Å². The van der Waals surface area contributed by atoms with Gasteiger partial charge in [0.1, 0.15) is 5.75 Å². The Kier molecular flexibility index (Phi) is 5.38. The molecule has 0 spiro atoms. The minimum atomic E-state index is -0.481. The van der Waals surface area contributed by atoms with Gasteiger partial charge >= 0.3 is 0 Å². The third kappa shape index (κ3) is 4.08. The van der Waals surface area contributed by atoms with Gasteiger partial charge in [0.2, 0.25) is 0 Å². The minimum Gasteiger partial charge on any atom is -0.497 e. The Morgan fingerprint density at radius 2 is 1.79 bits per heavy atom. The molecule has 0 saturated carbocycles. The standard InChI is InChI=1S/C20H26N2O2/c1-16-5-3-7-18(13-16)22-11-9-21(10-12-22)15-20(23)17-6-4-8-19(14-17)24-2/h3-8,13-14,20,23H,9-12,15H2,1-2H3/t20-/m1/s1. The summed E-state index contributed by atoms with van der Waals surface area (Å²) in [6, 6.07) is 16.3. The average molecular weight is 326 g/mol. The van der Waals surface area contributed by atoms with Gasteiger partial charge in [0.25, 0.3) is 0 Å². The number of ether oxygens (including phenoxy) is 1. The highest BCUT2D eigenvalue weighted by molar-refractivity contribution is 5.48. The summed E-state index contributed by atoms with van der Waals surface area (Å²) in [7, 11) is 1.65. The highest BCUT2D eigenvalue weighted by atomic mass is 16.5. The van der Waals surface area contributed by atoms with Crippen molar-refractivity contribution in [3.63, 3.8) is 0 Å². The molecule has 24 heavy (non-hydrogen) atoms. The first kappa shape index (κ1) is 16.8. The Morgan fingerprint density at radius 3 is 2.50 bits per heavy atom. The molecule has 1 saturated heterocycles. The maximum atomic E-state index is 10.5. The lowest BCUT2D eigenvalue weighted by atomic mass is 10.1. The van der Waals surface area contributed by atoms with Crippen LogP contribution >= 0.6 is 0 Å². The van der Waals surface area contributed by atoms with E-state index in [2.05, 4.69) is 41.0 Å². The Morgan fingerprint density at radius 1 is 1.04 bits per heavy atom. The summed E-state index contributed by atoms with van der Waals surface area (Å²) in [5.74, 6) is 0.788. The number of nitrogens with zero attached hydrogens (tertiary/aromatic N) is 2. The van der Waals surface area contributed by atoms with Crippen LogP contribution in [0.5, 0.6) is 5.75 Å². The lowest BCUT2D eigenvalue weighted by Crippen LogP contribution is -2.47. The Labute approximate surface area is 144 Å². The zero-order chi connectivity index (χ0) is 16.9. The summed E-state index contributed by atoms with van der Waals surface area (Å²) in [5, 5.41) is 10.5. The van der Waals surface area contributed by atoms with E-state index >= 15 is 0 Å². The summed E-state index contributed by atoms with van der Waals surface area (Å²) in [6.07, 6.45) is -0.481. The summed E-state index contributed by atoms with van der Waals surface area (Å²) in [6.45, 7) is 6.71. The minimum absolute atomic E-state index is 0.481. The first-order chi connectivity index (χ1) is 11.7. The second-order valence-electron chi connectivity index (χ2n) is 6.42. The Hall–Kier alpha value is -2.04. The summed E-state index contributed by atoms with van der Waals surface area (Å²) < 4.78 is 5.24. The van der Waals surface area contributed by atoms with E-state index < -0.39 is 6.10 Å². The summed E-state index contributed by atoms with van der Waals surface area (Å²) in [4.78, 5) is 4.75. The highest BCUT2D eigenvalue weighted by Gasteiger charge is 2.20. The largest absolute Gasteiger partial charge is 0.497 e. The molecule has 1 aliphatic heterocycles. The molecule has 1 fully saturated rings. The molecule has 0 amide bonds. The van der Waals surface area contributed by atoms with Crippen LogP contribution in [0.15, 0.2) is 48.5 Å². The number of aliphatic hydroxyl groups is 1. The van der Waals surface area contributed by atoms with Crippen molar-refractivity contribution in [3.8, 4) is 5.75 Å². The van der Waals surface area contributed by atoms with E-state index in [1.54, 1.807) is 7.11 Å². The first-order valence-corrected chi connectivity index (χ1v) is 8.51. The molecule has 1 heterocycles. The van der Waals surface area contributed by atoms with Gasteiger partial charge in [0, 0.05) is 38.4 Å². The monoisotopic (exact) mass is 326 g/mol. The van der Waals surface area contributed by atoms with Crippen LogP contribution in [0, 0.1) is 6.92 Å². The van der Waals surface area contributed by atoms with Crippen LogP contribution in [0.2, 0.25) is 0 Å². The van der Waals surface area contributed by atoms with E-state index in [9.17, 15) is 5.11 Å². The zero-order valence-electron chi connectivity index (χ0n) is 14.5. The van der Waals surface area contributed by atoms with E-state index in [-0.39, 0.29) is 0 Å². The number of piperazine rings is 1. The van der Waals surface area contributed by atoms with Crippen LogP contribution in [-0.4, -0.2) is 49.8 Å². The number of rotatable bonds is 5. The first-order valence-electron chi connectivity index (χ1n) is 8.51. The molecule has 3 rings (SSSR count). The van der Waals surface area contributed by atoms with Crippen LogP contribution in [0.25, 0.3) is 0 Å². The lowest BCUT2D eigenvalue weighted by Gasteiger charge is -2.37. The van der Waals surface area contributed by atoms with Crippen molar-refractivity contribution in [1.29, 1.82) is 0 Å². The van der Waals surface area contributed by atoms with Crippen LogP contribution < -0.4 is 9.64 Å². The van der Waals surface area contributed by atoms with Crippen molar-refractivity contribution in [2.45, 2.75) is 13.0 Å². The number of hydrogen-bond acceptors (Lipinski definition) is 4. The number of anilines is 1. The van der Waals surface area contributed by atoms with Gasteiger partial charge in [-0.3, -0.25) is 4.90 Å². The molecule has 1 N–H and O–H groups in total. The van der Waals surface area contributed by atoms with Crippen LogP contribution in [-0.2, 0) is 0 Å². The molecule has 0 bridgehead atoms. The predicted octanol–water partition coefficient (Wildman–Crippen LogP) is 2.86. The third-order valence-electron chi connectivity index (χ3n) is 4.65. The van der Waals surface area contributed by atoms with Crippen molar-refractivity contribution in [3.05, 3.63) is 59.7 Å². The second-order valence-corrected chi connectivity index (χ2v) is 6.42. The number of aliphatic hydroxyl groups excluding tert-OH is 1. The lowest BCUT2D eigenvalue weighted by molar-refractivity contribution is 0.109. The summed E-state index contributed by atoms with van der Waals surface area (Å²) >= 11 is 0. The van der Waals surface area contributed by atoms with Gasteiger partial charge in [-0.05, 0) is 42.3 Å². The topological polar surface area (TPSA) is 35.9 Å². The smallest absolute Gasteiger partial charge is 0.119 e. The molecule has 1 aliphatic rings. The zero-order valence-corrected chi connectivity index (χ0v) is 14.5. The number of hydrogen-bond donors (Lipinski definition) is 1. The molecule has 128 valence electrons. The fraction of sp³-hybridized carbons (Fsp3) is 0.400. The number of methoxy groups -OCH3 is 1. The van der Waals surface area contributed by atoms with Gasteiger partial charge in [0.15, 0.2) is 0 Å². The number of aryl methyl sites for hydroxylation is 1. The molecule has 4 heteroatoms. The quantitative estimate of drug-likeness (QED) is 0.916. The van der Waals surface area contributed by atoms with Gasteiger partial charge in [-0.15, -0.1) is 0 Å². The van der Waals surface area contributed by atoms with E-state index in [1.165, 1.54) is 11.3 Å². The van der Waals surface area contributed by atoms with Gasteiger partial charge in [-0.1, -0.05) is 24.3 Å². The number of benzene rings is 2. The van der Waals surface area contributed by atoms with E-state index in [0.29, 0.717) is 6.54 Å². The fourth-order valence-corrected chi connectivity index (χ4v) is 3.21. The van der Waals surface area contributed by atoms with Crippen LogP contribution in [0.3, 0.4) is 0 Å². The second kappa shape index (κ2) is 7.69. The highest BCUT2D eigenvalue weighted by Crippen LogP contribution is 2.22. The molecular weight excluding hydrogens is 300 g/mol. The predicted molar refractivity (Wildman–Crippen MR) is 97.8 cm³/mol. The molecule has 0 radical (unpaired) electrons. The molecule has 1 atom stereocenters. The Bertz CT molecular complexity index is 666. The van der Waals surface area contributed by atoms with E-state index in [0.717, 1.165) is 37.5 Å². The third-order valence-corrected chi connectivity index (χ3v) is 4.65. The summed E-state index contributed by atoms with van der Waals surface area (Å²) in [5.41, 5.74) is 3.50. The van der Waals surface area contributed by atoms with Gasteiger partial charge in [-0.25, -0.2) is 0 Å². The molecule has 0 aliphatic carbocycles. The maximum absolute atomic E-state index is 10.5. The van der Waals surface area contributed by atoms with Crippen molar-refractivity contribution in [1.82, 2.24) is 4.90 Å². The normalized spacial score (nSPS) is 16.9. The van der Waals surface area contributed by atoms with Crippen molar-refractivity contribution < 1.29 is 9.84 Å². The SMILES string of the molecule is COc1cccc([C@H](O)CN2CCN(c3cccc(C)c3)CC2)c1. The molecule has 0 unspecified atom stereocenters. The molecule has 0 aromatic heterocycles. The van der Waals surface area contributed by atoms with Gasteiger partial charge in [-0.2, -0.15) is 0 Å². The average Bonchev–Trinajstić information content (AvgIpc) is 2.62. The van der Waals surface area contributed by atoms with Gasteiger partial charge in [0.05, 0.1) is 13.2 Å². The molecule has 2 aromatic rings. The molecule has 4 nitrogen and oxygen atoms in total. The van der Waals surface area contributed by atoms with Crippen molar-refractivity contribution in [2.75, 3.05) is 44.7 Å². The van der Waals surface area contributed by atoms with Gasteiger partial charge < -0.3 is 14.7 Å². The van der Waals surface area contributed by atoms with Crippen molar-refractivity contribution >= 4 is 5.69 Å². The van der Waals surface area contributed by atoms with E-state index in [4.69, 9.17) is 4.74 Å². The maximum Gasteiger partial charge on any atom is 0.119 e. The van der Waals surface area contributed by atoms with Crippen LogP contribution in [0.1, 0.15) is 17.2 Å².